The second kappa shape index (κ2) is 14.3. The van der Waals surface area contributed by atoms with E-state index in [-0.39, 0.29) is 40.7 Å². The van der Waals surface area contributed by atoms with Crippen LogP contribution in [-0.4, -0.2) is 66.9 Å². The van der Waals surface area contributed by atoms with Crippen LogP contribution in [0, 0.1) is 40.4 Å². The number of hydrogen-bond acceptors (Lipinski definition) is 9. The summed E-state index contributed by atoms with van der Waals surface area (Å²) in [5.74, 6) is -0.129. The van der Waals surface area contributed by atoms with Gasteiger partial charge >= 0.3 is 17.9 Å². The molecule has 0 bridgehead atoms. The summed E-state index contributed by atoms with van der Waals surface area (Å²) < 4.78 is 30.3. The normalized spacial score (nSPS) is 38.5. The Kier molecular flexibility index (Phi) is 9.82. The van der Waals surface area contributed by atoms with Gasteiger partial charge < -0.3 is 28.8 Å². The van der Waals surface area contributed by atoms with Crippen molar-refractivity contribution in [1.29, 1.82) is 0 Å². The van der Waals surface area contributed by atoms with Crippen molar-refractivity contribution in [2.75, 3.05) is 13.7 Å². The molecule has 9 heteroatoms. The van der Waals surface area contributed by atoms with Crippen molar-refractivity contribution < 1.29 is 43.2 Å². The number of hydrogen-bond donors (Lipinski definition) is 1. The Morgan fingerprint density at radius 3 is 2.19 bits per heavy atom. The molecule has 5 saturated carbocycles. The third-order valence-corrected chi connectivity index (χ3v) is 15.0. The van der Waals surface area contributed by atoms with E-state index < -0.39 is 36.0 Å². The highest BCUT2D eigenvalue weighted by Crippen LogP contribution is 2.70. The maximum atomic E-state index is 13.5. The molecule has 0 radical (unpaired) electrons. The van der Waals surface area contributed by atoms with Crippen LogP contribution in [0.5, 0.6) is 0 Å². The zero-order valence-electron chi connectivity index (χ0n) is 31.2. The first-order chi connectivity index (χ1) is 25.5. The van der Waals surface area contributed by atoms with Crippen LogP contribution >= 0.6 is 0 Å². The van der Waals surface area contributed by atoms with Gasteiger partial charge in [0.2, 0.25) is 0 Å². The highest BCUT2D eigenvalue weighted by molar-refractivity contribution is 5.90. The molecule has 12 atom stereocenters. The van der Waals surface area contributed by atoms with E-state index >= 15 is 0 Å². The van der Waals surface area contributed by atoms with E-state index in [1.165, 1.54) is 0 Å². The molecule has 8 rings (SSSR count). The van der Waals surface area contributed by atoms with Crippen LogP contribution in [0.25, 0.3) is 0 Å². The van der Waals surface area contributed by atoms with Crippen LogP contribution in [0.15, 0.2) is 72.3 Å². The molecule has 1 N–H and O–H groups in total. The lowest BCUT2D eigenvalue weighted by molar-refractivity contribution is -0.250. The maximum absolute atomic E-state index is 13.5. The van der Waals surface area contributed by atoms with Crippen LogP contribution in [0.3, 0.4) is 0 Å². The fourth-order valence-electron chi connectivity index (χ4n) is 11.9. The number of cyclic esters (lactones) is 1. The Bertz CT molecular complexity index is 1710. The van der Waals surface area contributed by atoms with Gasteiger partial charge in [-0.3, -0.25) is 0 Å². The quantitative estimate of drug-likeness (QED) is 0.151. The summed E-state index contributed by atoms with van der Waals surface area (Å²) in [4.78, 5) is 38.5. The summed E-state index contributed by atoms with van der Waals surface area (Å²) >= 11 is 0. The van der Waals surface area contributed by atoms with Gasteiger partial charge in [0.15, 0.2) is 12.4 Å². The third-order valence-electron chi connectivity index (χ3n) is 15.0. The van der Waals surface area contributed by atoms with E-state index in [9.17, 15) is 19.5 Å². The largest absolute Gasteiger partial charge is 0.458 e. The fourth-order valence-corrected chi connectivity index (χ4v) is 11.9. The Morgan fingerprint density at radius 1 is 0.830 bits per heavy atom. The zero-order valence-corrected chi connectivity index (χ0v) is 31.2. The van der Waals surface area contributed by atoms with Gasteiger partial charge in [-0.25, -0.2) is 14.4 Å². The molecule has 2 aromatic carbocycles. The minimum Gasteiger partial charge on any atom is -0.458 e. The second-order valence-corrected chi connectivity index (χ2v) is 17.2. The van der Waals surface area contributed by atoms with Crippen LogP contribution < -0.4 is 0 Å². The van der Waals surface area contributed by atoms with Gasteiger partial charge in [0.1, 0.15) is 12.7 Å². The molecule has 0 saturated heterocycles. The van der Waals surface area contributed by atoms with E-state index in [1.54, 1.807) is 49.6 Å². The maximum Gasteiger partial charge on any atom is 0.338 e. The van der Waals surface area contributed by atoms with Crippen LogP contribution in [0.4, 0.5) is 0 Å². The number of fused-ring (bicyclic) bond motifs is 5. The molecule has 1 aliphatic heterocycles. The predicted octanol–water partition coefficient (Wildman–Crippen LogP) is 7.46. The van der Waals surface area contributed by atoms with Gasteiger partial charge in [-0.15, -0.1) is 0 Å². The summed E-state index contributed by atoms with van der Waals surface area (Å²) in [6, 6.07) is 17.9. The molecule has 5 aliphatic carbocycles. The number of rotatable bonds is 10. The number of ether oxygens (including phenoxy) is 5. The van der Waals surface area contributed by atoms with Crippen molar-refractivity contribution in [3.8, 4) is 0 Å². The Hall–Kier alpha value is -3.53. The molecule has 9 nitrogen and oxygen atoms in total. The Morgan fingerprint density at radius 2 is 1.55 bits per heavy atom. The van der Waals surface area contributed by atoms with Crippen LogP contribution in [0.1, 0.15) is 105 Å². The summed E-state index contributed by atoms with van der Waals surface area (Å²) in [7, 11) is 1.59. The van der Waals surface area contributed by atoms with Crippen molar-refractivity contribution in [2.45, 2.75) is 115 Å². The predicted molar refractivity (Wildman–Crippen MR) is 195 cm³/mol. The molecule has 2 aromatic rings. The van der Waals surface area contributed by atoms with Crippen molar-refractivity contribution in [1.82, 2.24) is 0 Å². The smallest absolute Gasteiger partial charge is 0.338 e. The number of esters is 3. The van der Waals surface area contributed by atoms with Gasteiger partial charge in [0, 0.05) is 24.5 Å². The number of carbonyl (C=O) groups is 3. The summed E-state index contributed by atoms with van der Waals surface area (Å²) in [6.45, 7) is 5.08. The minimum atomic E-state index is -0.830. The second-order valence-electron chi connectivity index (χ2n) is 17.2. The molecule has 0 amide bonds. The van der Waals surface area contributed by atoms with Crippen molar-refractivity contribution in [2.24, 2.45) is 40.4 Å². The standard InChI is InChI=1S/C44H54O9/c1-42-21-18-31(25-30(42)14-16-35-34(42)19-22-43(2)33(20-23-44(35,43)48)29-24-37(45)50-26-29)51-41(49-3)38(53-40(47)28-12-8-5-9-13-28)32-15-17-36(32)52-39(46)27-10-6-4-7-11-27/h4-13,24,30-36,38,41,48H,14-23,25-26H2,1-3H3. The van der Waals surface area contributed by atoms with E-state index in [2.05, 4.69) is 13.8 Å². The average molecular weight is 727 g/mol. The van der Waals surface area contributed by atoms with Gasteiger partial charge in [0.05, 0.1) is 22.8 Å². The van der Waals surface area contributed by atoms with E-state index in [0.29, 0.717) is 42.4 Å². The molecule has 12 unspecified atom stereocenters. The summed E-state index contributed by atoms with van der Waals surface area (Å²) in [6.07, 6.45) is 9.33. The summed E-state index contributed by atoms with van der Waals surface area (Å²) in [5.41, 5.74) is 1.05. The molecule has 284 valence electrons. The number of benzene rings is 2. The number of methoxy groups -OCH3 is 1. The molecule has 53 heavy (non-hydrogen) atoms. The molecular weight excluding hydrogens is 672 g/mol. The van der Waals surface area contributed by atoms with Gasteiger partial charge in [-0.2, -0.15) is 0 Å². The molecule has 0 aromatic heterocycles. The molecular formula is C44H54O9. The SMILES string of the molecule is COC(OC1CCC2(C)C(CCC3C2CCC2(C)C(C4=CC(=O)OC4)CCC32O)C1)C(OC(=O)c1ccccc1)C1CCC1OC(=O)c1ccccc1. The first kappa shape index (κ1) is 36.4. The lowest BCUT2D eigenvalue weighted by atomic mass is 9.43. The van der Waals surface area contributed by atoms with Crippen LogP contribution in [0.2, 0.25) is 0 Å². The first-order valence-electron chi connectivity index (χ1n) is 19.8. The topological polar surface area (TPSA) is 118 Å². The monoisotopic (exact) mass is 726 g/mol. The number of aliphatic hydroxyl groups is 1. The fraction of sp³-hybridized carbons (Fsp3) is 0.614. The summed E-state index contributed by atoms with van der Waals surface area (Å²) in [5, 5.41) is 12.6. The third kappa shape index (κ3) is 6.34. The molecule has 1 heterocycles. The van der Waals surface area contributed by atoms with Crippen molar-refractivity contribution in [3.05, 3.63) is 83.4 Å². The Labute approximate surface area is 312 Å². The highest BCUT2D eigenvalue weighted by atomic mass is 16.7. The van der Waals surface area contributed by atoms with Crippen LogP contribution in [-0.2, 0) is 28.5 Å². The van der Waals surface area contributed by atoms with Gasteiger partial charge in [0.25, 0.3) is 0 Å². The van der Waals surface area contributed by atoms with Gasteiger partial charge in [-0.05, 0) is 130 Å². The first-order valence-corrected chi connectivity index (χ1v) is 19.8. The van der Waals surface area contributed by atoms with Gasteiger partial charge in [-0.1, -0.05) is 50.2 Å². The van der Waals surface area contributed by atoms with E-state index in [4.69, 9.17) is 23.7 Å². The minimum absolute atomic E-state index is 0.0794. The number of carbonyl (C=O) groups excluding carboxylic acids is 3. The lowest BCUT2D eigenvalue weighted by Crippen LogP contribution is -2.62. The molecule has 5 fully saturated rings. The molecule has 0 spiro atoms. The Balaban J connectivity index is 0.966. The average Bonchev–Trinajstić information content (AvgIpc) is 3.71. The van der Waals surface area contributed by atoms with Crippen molar-refractivity contribution in [3.63, 3.8) is 0 Å². The van der Waals surface area contributed by atoms with Crippen molar-refractivity contribution >= 4 is 17.9 Å². The zero-order chi connectivity index (χ0) is 37.0. The molecule has 6 aliphatic rings. The van der Waals surface area contributed by atoms with E-state index in [0.717, 1.165) is 63.4 Å². The lowest BCUT2D eigenvalue weighted by Gasteiger charge is -2.64. The van der Waals surface area contributed by atoms with E-state index in [1.807, 2.05) is 24.3 Å². The highest BCUT2D eigenvalue weighted by Gasteiger charge is 2.67.